The van der Waals surface area contributed by atoms with Crippen molar-refractivity contribution >= 4 is 32.4 Å². The number of nitrogens with zero attached hydrogens (tertiary/aromatic N) is 2. The Morgan fingerprint density at radius 3 is 2.43 bits per heavy atom. The minimum absolute atomic E-state index is 0.152. The van der Waals surface area contributed by atoms with Crippen LogP contribution in [0.5, 0.6) is 0 Å². The molecule has 0 aliphatic carbocycles. The topological polar surface area (TPSA) is 127 Å². The smallest absolute Gasteiger partial charge is 0.269 e. The zero-order chi connectivity index (χ0) is 16.1. The van der Waals surface area contributed by atoms with Crippen LogP contribution in [0.1, 0.15) is 33.6 Å². The summed E-state index contributed by atoms with van der Waals surface area (Å²) in [6.45, 7) is 5.91. The fourth-order valence-electron chi connectivity index (χ4n) is 1.69. The van der Waals surface area contributed by atoms with Crippen LogP contribution in [0.3, 0.4) is 0 Å². The van der Waals surface area contributed by atoms with Crippen LogP contribution in [-0.2, 0) is 14.8 Å². The third-order valence-corrected chi connectivity index (χ3v) is 6.10. The van der Waals surface area contributed by atoms with Gasteiger partial charge in [0.1, 0.15) is 0 Å². The van der Waals surface area contributed by atoms with Crippen LogP contribution in [0.25, 0.3) is 0 Å². The molecule has 0 bridgehead atoms. The Balaban J connectivity index is 2.82. The maximum absolute atomic E-state index is 12.2. The van der Waals surface area contributed by atoms with Crippen LogP contribution in [-0.4, -0.2) is 37.6 Å². The first-order valence-corrected chi connectivity index (χ1v) is 8.89. The highest BCUT2D eigenvalue weighted by Crippen LogP contribution is 2.25. The second kappa shape index (κ2) is 7.25. The van der Waals surface area contributed by atoms with Crippen LogP contribution in [0, 0.1) is 5.41 Å². The summed E-state index contributed by atoms with van der Waals surface area (Å²) in [4.78, 5) is 10.9. The number of aromatic nitrogens is 2. The van der Waals surface area contributed by atoms with Crippen LogP contribution in [0.4, 0.5) is 5.13 Å². The Bertz CT molecular complexity index is 572. The first kappa shape index (κ1) is 18.0. The normalized spacial score (nSPS) is 12.4. The first-order valence-electron chi connectivity index (χ1n) is 6.59. The number of nitrogens with one attached hydrogen (secondary N) is 2. The molecule has 1 heterocycles. The van der Waals surface area contributed by atoms with Gasteiger partial charge in [-0.05, 0) is 24.8 Å². The van der Waals surface area contributed by atoms with Gasteiger partial charge in [0, 0.05) is 13.5 Å². The zero-order valence-electron chi connectivity index (χ0n) is 12.3. The van der Waals surface area contributed by atoms with Crippen LogP contribution in [0.2, 0.25) is 0 Å². The summed E-state index contributed by atoms with van der Waals surface area (Å²) < 4.78 is 26.7. The molecule has 1 aromatic rings. The van der Waals surface area contributed by atoms with Crippen molar-refractivity contribution in [2.24, 2.45) is 11.1 Å². The van der Waals surface area contributed by atoms with E-state index in [-0.39, 0.29) is 27.3 Å². The largest absolute Gasteiger partial charge is 0.330 e. The fraction of sp³-hybridized carbons (Fsp3) is 0.727. The Morgan fingerprint density at radius 1 is 1.33 bits per heavy atom. The van der Waals surface area contributed by atoms with Gasteiger partial charge in [-0.3, -0.25) is 4.79 Å². The van der Waals surface area contributed by atoms with Gasteiger partial charge in [0.15, 0.2) is 0 Å². The van der Waals surface area contributed by atoms with Crippen LogP contribution in [0.15, 0.2) is 4.34 Å². The van der Waals surface area contributed by atoms with Gasteiger partial charge < -0.3 is 11.1 Å². The van der Waals surface area contributed by atoms with Gasteiger partial charge in [0.25, 0.3) is 10.0 Å². The van der Waals surface area contributed by atoms with Crippen molar-refractivity contribution in [3.05, 3.63) is 0 Å². The monoisotopic (exact) mass is 335 g/mol. The lowest BCUT2D eigenvalue weighted by atomic mass is 9.83. The maximum Gasteiger partial charge on any atom is 0.269 e. The maximum atomic E-state index is 12.2. The lowest BCUT2D eigenvalue weighted by molar-refractivity contribution is -0.114. The van der Waals surface area contributed by atoms with E-state index < -0.39 is 10.0 Å². The molecule has 120 valence electrons. The van der Waals surface area contributed by atoms with E-state index in [4.69, 9.17) is 5.73 Å². The molecule has 0 fully saturated rings. The Kier molecular flexibility index (Phi) is 6.20. The average molecular weight is 335 g/mol. The molecule has 1 amide bonds. The van der Waals surface area contributed by atoms with E-state index >= 15 is 0 Å². The molecule has 1 aromatic heterocycles. The highest BCUT2D eigenvalue weighted by atomic mass is 32.2. The molecule has 0 spiro atoms. The van der Waals surface area contributed by atoms with Crippen molar-refractivity contribution in [3.8, 4) is 0 Å². The summed E-state index contributed by atoms with van der Waals surface area (Å²) in [7, 11) is -3.75. The van der Waals surface area contributed by atoms with Crippen molar-refractivity contribution in [1.82, 2.24) is 14.9 Å². The minimum atomic E-state index is -3.75. The third-order valence-electron chi connectivity index (χ3n) is 3.49. The minimum Gasteiger partial charge on any atom is -0.330 e. The molecule has 10 heteroatoms. The van der Waals surface area contributed by atoms with Crippen LogP contribution >= 0.6 is 11.3 Å². The molecule has 0 saturated heterocycles. The van der Waals surface area contributed by atoms with Gasteiger partial charge in [-0.1, -0.05) is 25.2 Å². The first-order chi connectivity index (χ1) is 9.78. The van der Waals surface area contributed by atoms with Crippen molar-refractivity contribution in [1.29, 1.82) is 0 Å². The molecule has 0 saturated carbocycles. The van der Waals surface area contributed by atoms with Crippen molar-refractivity contribution in [2.75, 3.05) is 18.4 Å². The SMILES string of the molecule is CCC(CC)(CN)CNS(=O)(=O)c1nnc(NC(C)=O)s1. The fourth-order valence-corrected chi connectivity index (χ4v) is 3.83. The van der Waals surface area contributed by atoms with Gasteiger partial charge in [-0.15, -0.1) is 10.2 Å². The predicted octanol–water partition coefficient (Wildman–Crippen LogP) is 0.540. The van der Waals surface area contributed by atoms with E-state index in [0.717, 1.165) is 24.2 Å². The van der Waals surface area contributed by atoms with E-state index in [1.807, 2.05) is 13.8 Å². The number of rotatable bonds is 8. The molecule has 21 heavy (non-hydrogen) atoms. The highest BCUT2D eigenvalue weighted by molar-refractivity contribution is 7.91. The van der Waals surface area contributed by atoms with E-state index in [9.17, 15) is 13.2 Å². The summed E-state index contributed by atoms with van der Waals surface area (Å²) in [5.74, 6) is -0.331. The summed E-state index contributed by atoms with van der Waals surface area (Å²) in [5.41, 5.74) is 5.48. The predicted molar refractivity (Wildman–Crippen MR) is 81.5 cm³/mol. The molecular formula is C11H21N5O3S2. The van der Waals surface area contributed by atoms with Crippen molar-refractivity contribution in [2.45, 2.75) is 38.0 Å². The number of carbonyl (C=O) groups is 1. The number of anilines is 1. The number of hydrogen-bond donors (Lipinski definition) is 3. The molecule has 0 aromatic carbocycles. The highest BCUT2D eigenvalue weighted by Gasteiger charge is 2.28. The Morgan fingerprint density at radius 2 is 1.95 bits per heavy atom. The van der Waals surface area contributed by atoms with Crippen LogP contribution < -0.4 is 15.8 Å². The molecule has 1 rings (SSSR count). The molecule has 0 aliphatic heterocycles. The number of hydrogen-bond acceptors (Lipinski definition) is 7. The Labute approximate surface area is 128 Å². The van der Waals surface area contributed by atoms with E-state index in [1.54, 1.807) is 0 Å². The quantitative estimate of drug-likeness (QED) is 0.595. The average Bonchev–Trinajstić information content (AvgIpc) is 2.89. The second-order valence-electron chi connectivity index (χ2n) is 4.79. The number of carbonyl (C=O) groups excluding carboxylic acids is 1. The summed E-state index contributed by atoms with van der Waals surface area (Å²) in [6.07, 6.45) is 1.55. The van der Waals surface area contributed by atoms with Gasteiger partial charge in [0.05, 0.1) is 0 Å². The second-order valence-corrected chi connectivity index (χ2v) is 7.71. The van der Waals surface area contributed by atoms with Gasteiger partial charge in [-0.25, -0.2) is 13.1 Å². The van der Waals surface area contributed by atoms with Gasteiger partial charge in [-0.2, -0.15) is 0 Å². The number of nitrogens with two attached hydrogens (primary N) is 1. The Hall–Kier alpha value is -1.10. The third kappa shape index (κ3) is 4.70. The van der Waals surface area contributed by atoms with Gasteiger partial charge >= 0.3 is 0 Å². The molecule has 4 N–H and O–H groups in total. The molecule has 0 atom stereocenters. The summed E-state index contributed by atoms with van der Waals surface area (Å²) in [6, 6.07) is 0. The van der Waals surface area contributed by atoms with Crippen molar-refractivity contribution in [3.63, 3.8) is 0 Å². The molecule has 0 radical (unpaired) electrons. The lowest BCUT2D eigenvalue weighted by Gasteiger charge is -2.29. The van der Waals surface area contributed by atoms with Crippen molar-refractivity contribution < 1.29 is 13.2 Å². The lowest BCUT2D eigenvalue weighted by Crippen LogP contribution is -2.41. The molecule has 0 unspecified atom stereocenters. The number of amides is 1. The molecule has 8 nitrogen and oxygen atoms in total. The standard InChI is InChI=1S/C11H21N5O3S2/c1-4-11(5-2,6-12)7-13-21(18,19)10-16-15-9(20-10)14-8(3)17/h13H,4-7,12H2,1-3H3,(H,14,15,17). The molecular weight excluding hydrogens is 314 g/mol. The summed E-state index contributed by atoms with van der Waals surface area (Å²) in [5, 5.41) is 9.76. The van der Waals surface area contributed by atoms with E-state index in [2.05, 4.69) is 20.2 Å². The number of sulfonamides is 1. The zero-order valence-corrected chi connectivity index (χ0v) is 14.0. The summed E-state index contributed by atoms with van der Waals surface area (Å²) >= 11 is 0.806. The van der Waals surface area contributed by atoms with Gasteiger partial charge in [0.2, 0.25) is 15.4 Å². The molecule has 0 aliphatic rings. The van der Waals surface area contributed by atoms with E-state index in [1.165, 1.54) is 6.92 Å². The van der Waals surface area contributed by atoms with E-state index in [0.29, 0.717) is 6.54 Å².